The minimum absolute atomic E-state index is 0.0124. The Kier molecular flexibility index (Phi) is 7.70. The van der Waals surface area contributed by atoms with Crippen LogP contribution in [0.4, 0.5) is 28.9 Å². The fraction of sp³-hybridized carbons (Fsp3) is 0.333. The van der Waals surface area contributed by atoms with Gasteiger partial charge in [0, 0.05) is 19.1 Å². The number of ether oxygens (including phenoxy) is 2. The second-order valence-electron chi connectivity index (χ2n) is 7.23. The number of carbonyl (C=O) groups excluding carboxylic acids is 1. The van der Waals surface area contributed by atoms with E-state index in [-0.39, 0.29) is 23.6 Å². The number of nitro benzene ring substituents is 1. The molecule has 0 heterocycles. The second-order valence-corrected chi connectivity index (χ2v) is 7.23. The average molecular weight is 488 g/mol. The number of alkyl halides is 4. The van der Waals surface area contributed by atoms with E-state index in [0.29, 0.717) is 0 Å². The Bertz CT molecular complexity index is 1080. The molecule has 13 heteroatoms. The van der Waals surface area contributed by atoms with Gasteiger partial charge >= 0.3 is 18.5 Å². The number of amides is 1. The fourth-order valence-electron chi connectivity index (χ4n) is 3.00. The van der Waals surface area contributed by atoms with Gasteiger partial charge in [-0.15, -0.1) is 0 Å². The molecule has 2 aromatic carbocycles. The summed E-state index contributed by atoms with van der Waals surface area (Å²) < 4.78 is 60.0. The van der Waals surface area contributed by atoms with Crippen LogP contribution in [0, 0.1) is 10.1 Å². The molecule has 0 radical (unpaired) electrons. The monoisotopic (exact) mass is 488 g/mol. The number of carboxylic acid groups (broad SMARTS) is 1. The number of benzene rings is 2. The number of aliphatic carboxylic acids is 1. The van der Waals surface area contributed by atoms with Crippen molar-refractivity contribution in [2.45, 2.75) is 45.3 Å². The number of nitro groups is 1. The summed E-state index contributed by atoms with van der Waals surface area (Å²) in [6.45, 7) is 3.79. The molecule has 9 nitrogen and oxygen atoms in total. The maximum Gasteiger partial charge on any atom is 0.461 e. The molecule has 34 heavy (non-hydrogen) atoms. The lowest BCUT2D eigenvalue weighted by Gasteiger charge is -2.36. The number of anilines is 1. The van der Waals surface area contributed by atoms with Crippen molar-refractivity contribution < 1.29 is 46.7 Å². The molecule has 1 amide bonds. The van der Waals surface area contributed by atoms with Crippen LogP contribution in [0.1, 0.15) is 27.2 Å². The molecule has 2 rings (SSSR count). The van der Waals surface area contributed by atoms with Crippen molar-refractivity contribution >= 4 is 23.3 Å². The Labute approximate surface area is 190 Å². The van der Waals surface area contributed by atoms with Gasteiger partial charge in [-0.05, 0) is 43.7 Å². The number of carbonyl (C=O) groups is 2. The van der Waals surface area contributed by atoms with Gasteiger partial charge in [0.05, 0.1) is 4.92 Å². The van der Waals surface area contributed by atoms with Crippen molar-refractivity contribution in [3.63, 3.8) is 0 Å². The number of nitrogens with zero attached hydrogens (tertiary/aromatic N) is 2. The predicted molar refractivity (Wildman–Crippen MR) is 111 cm³/mol. The molecule has 1 atom stereocenters. The molecule has 0 bridgehead atoms. The first-order chi connectivity index (χ1) is 15.7. The zero-order chi connectivity index (χ0) is 25.8. The van der Waals surface area contributed by atoms with E-state index in [1.165, 1.54) is 19.9 Å². The Morgan fingerprint density at radius 3 is 2.09 bits per heavy atom. The van der Waals surface area contributed by atoms with E-state index < -0.39 is 46.3 Å². The van der Waals surface area contributed by atoms with Crippen LogP contribution in [-0.2, 0) is 9.59 Å². The van der Waals surface area contributed by atoms with E-state index >= 15 is 0 Å². The number of carboxylic acids is 1. The molecule has 1 unspecified atom stereocenters. The number of hydrogen-bond acceptors (Lipinski definition) is 6. The van der Waals surface area contributed by atoms with Crippen LogP contribution in [0.15, 0.2) is 42.5 Å². The Morgan fingerprint density at radius 2 is 1.65 bits per heavy atom. The first-order valence-corrected chi connectivity index (χ1v) is 9.68. The molecule has 1 N–H and O–H groups in total. The first kappa shape index (κ1) is 26.4. The van der Waals surface area contributed by atoms with E-state index in [2.05, 4.69) is 4.74 Å². The summed E-state index contributed by atoms with van der Waals surface area (Å²) in [6.07, 6.45) is -8.80. The Morgan fingerprint density at radius 1 is 1.12 bits per heavy atom. The maximum atomic E-state index is 13.0. The van der Waals surface area contributed by atoms with E-state index in [4.69, 9.17) is 4.74 Å². The van der Waals surface area contributed by atoms with Crippen LogP contribution < -0.4 is 14.4 Å². The average Bonchev–Trinajstić information content (AvgIpc) is 2.74. The standard InChI is InChI=1S/C21H20F4N2O7/c1-4-20(3,19(29)30)26(12(2)28)17-11-15(9-10-16(17)27(31)32)33-13-5-7-14(8-6-13)34-21(24,25)18(22)23/h5-11,18H,4H2,1-3H3,(H,29,30). The van der Waals surface area contributed by atoms with Crippen LogP contribution in [0.3, 0.4) is 0 Å². The van der Waals surface area contributed by atoms with Gasteiger partial charge in [0.1, 0.15) is 28.5 Å². The summed E-state index contributed by atoms with van der Waals surface area (Å²) in [5.41, 5.74) is -2.70. The molecular formula is C21H20F4N2O7. The van der Waals surface area contributed by atoms with Crippen LogP contribution in [-0.4, -0.2) is 40.0 Å². The van der Waals surface area contributed by atoms with Crippen molar-refractivity contribution in [3.05, 3.63) is 52.6 Å². The summed E-state index contributed by atoms with van der Waals surface area (Å²) in [5.74, 6) is -2.76. The number of rotatable bonds is 10. The molecule has 0 aliphatic rings. The van der Waals surface area contributed by atoms with E-state index in [0.717, 1.165) is 48.2 Å². The predicted octanol–water partition coefficient (Wildman–Crippen LogP) is 5.23. The lowest BCUT2D eigenvalue weighted by atomic mass is 9.95. The van der Waals surface area contributed by atoms with Gasteiger partial charge in [-0.1, -0.05) is 6.92 Å². The topological polar surface area (TPSA) is 119 Å². The molecule has 0 aliphatic carbocycles. The maximum absolute atomic E-state index is 13.0. The molecule has 0 fully saturated rings. The highest BCUT2D eigenvalue weighted by Crippen LogP contribution is 2.39. The molecule has 0 saturated carbocycles. The molecule has 184 valence electrons. The summed E-state index contributed by atoms with van der Waals surface area (Å²) in [6, 6.07) is 7.41. The summed E-state index contributed by atoms with van der Waals surface area (Å²) in [5, 5.41) is 21.2. The number of halogens is 4. The number of hydrogen-bond donors (Lipinski definition) is 1. The molecule has 2 aromatic rings. The molecule has 0 aromatic heterocycles. The zero-order valence-corrected chi connectivity index (χ0v) is 18.1. The largest absolute Gasteiger partial charge is 0.479 e. The van der Waals surface area contributed by atoms with Gasteiger partial charge in [0.2, 0.25) is 5.91 Å². The quantitative estimate of drug-likeness (QED) is 0.276. The van der Waals surface area contributed by atoms with Gasteiger partial charge in [-0.25, -0.2) is 4.79 Å². The molecule has 0 spiro atoms. The second kappa shape index (κ2) is 9.93. The van der Waals surface area contributed by atoms with Gasteiger partial charge in [-0.3, -0.25) is 19.8 Å². The molecule has 0 aliphatic heterocycles. The fourth-order valence-corrected chi connectivity index (χ4v) is 3.00. The third-order valence-electron chi connectivity index (χ3n) is 4.91. The third kappa shape index (κ3) is 5.53. The smallest absolute Gasteiger partial charge is 0.461 e. The van der Waals surface area contributed by atoms with Crippen molar-refractivity contribution in [1.82, 2.24) is 0 Å². The highest BCUT2D eigenvalue weighted by molar-refractivity contribution is 6.02. The Hall–Kier alpha value is -3.90. The summed E-state index contributed by atoms with van der Waals surface area (Å²) in [4.78, 5) is 35.8. The van der Waals surface area contributed by atoms with Crippen molar-refractivity contribution in [2.75, 3.05) is 4.90 Å². The normalized spacial score (nSPS) is 13.2. The highest BCUT2D eigenvalue weighted by atomic mass is 19.3. The first-order valence-electron chi connectivity index (χ1n) is 9.68. The minimum Gasteiger partial charge on any atom is -0.479 e. The zero-order valence-electron chi connectivity index (χ0n) is 18.1. The van der Waals surface area contributed by atoms with Crippen LogP contribution in [0.5, 0.6) is 17.2 Å². The van der Waals surface area contributed by atoms with Gasteiger partial charge < -0.3 is 14.6 Å². The molecule has 0 saturated heterocycles. The van der Waals surface area contributed by atoms with E-state index in [1.54, 1.807) is 0 Å². The highest BCUT2D eigenvalue weighted by Gasteiger charge is 2.44. The van der Waals surface area contributed by atoms with Crippen LogP contribution in [0.25, 0.3) is 0 Å². The van der Waals surface area contributed by atoms with Gasteiger partial charge in [-0.2, -0.15) is 17.6 Å². The van der Waals surface area contributed by atoms with E-state index in [9.17, 15) is 42.4 Å². The third-order valence-corrected chi connectivity index (χ3v) is 4.91. The minimum atomic E-state index is -4.69. The molecular weight excluding hydrogens is 468 g/mol. The lowest BCUT2D eigenvalue weighted by Crippen LogP contribution is -2.54. The lowest BCUT2D eigenvalue weighted by molar-refractivity contribution is -0.384. The van der Waals surface area contributed by atoms with Crippen LogP contribution >= 0.6 is 0 Å². The van der Waals surface area contributed by atoms with E-state index in [1.807, 2.05) is 0 Å². The van der Waals surface area contributed by atoms with Gasteiger partial charge in [0.25, 0.3) is 5.69 Å². The van der Waals surface area contributed by atoms with Crippen molar-refractivity contribution in [1.29, 1.82) is 0 Å². The van der Waals surface area contributed by atoms with Crippen LogP contribution in [0.2, 0.25) is 0 Å². The van der Waals surface area contributed by atoms with Crippen molar-refractivity contribution in [3.8, 4) is 17.2 Å². The van der Waals surface area contributed by atoms with Gasteiger partial charge in [0.15, 0.2) is 0 Å². The van der Waals surface area contributed by atoms with Crippen molar-refractivity contribution in [2.24, 2.45) is 0 Å². The Balaban J connectivity index is 2.44. The SMILES string of the molecule is CCC(C)(C(=O)O)N(C(C)=O)c1cc(Oc2ccc(OC(F)(F)C(F)F)cc2)ccc1[N+](=O)[O-]. The summed E-state index contributed by atoms with van der Waals surface area (Å²) in [7, 11) is 0. The summed E-state index contributed by atoms with van der Waals surface area (Å²) >= 11 is 0.